The molecule has 0 heterocycles. The van der Waals surface area contributed by atoms with Crippen molar-refractivity contribution < 1.29 is 21.6 Å². The molecule has 1 unspecified atom stereocenters. The molecule has 0 amide bonds. The lowest BCUT2D eigenvalue weighted by Crippen LogP contribution is -2.30. The summed E-state index contributed by atoms with van der Waals surface area (Å²) in [5.74, 6) is 0. The molecule has 0 spiro atoms. The number of nitrogens with zero attached hydrogens (tertiary/aromatic N) is 2. The maximum Gasteiger partial charge on any atom is 0.516 e. The number of hydrogen-bond donors (Lipinski definition) is 1. The largest absolute Gasteiger partial charge is 0.516 e. The third-order valence-corrected chi connectivity index (χ3v) is 4.86. The summed E-state index contributed by atoms with van der Waals surface area (Å²) in [4.78, 5) is 0. The summed E-state index contributed by atoms with van der Waals surface area (Å²) >= 11 is 11.8. The third-order valence-electron chi connectivity index (χ3n) is 3.20. The van der Waals surface area contributed by atoms with Crippen LogP contribution < -0.4 is 4.72 Å². The van der Waals surface area contributed by atoms with E-state index in [0.29, 0.717) is 10.7 Å². The standard InChI is InChI=1S/C15H12Cl2F3N3O2S/c1-9(21-22-14-5-3-2-4-12(14)17)11-8-10(16)6-7-13(11)23-26(24,25)15(18,19)20/h2-9,23H,1H3. The highest BCUT2D eigenvalue weighted by Crippen LogP contribution is 2.34. The van der Waals surface area contributed by atoms with Crippen LogP contribution >= 0.6 is 23.2 Å². The van der Waals surface area contributed by atoms with E-state index in [1.54, 1.807) is 24.3 Å². The second-order valence-corrected chi connectivity index (χ2v) is 7.64. The molecule has 2 aromatic rings. The first-order chi connectivity index (χ1) is 12.0. The van der Waals surface area contributed by atoms with Gasteiger partial charge in [-0.2, -0.15) is 31.8 Å². The maximum absolute atomic E-state index is 12.6. The molecule has 0 bridgehead atoms. The highest BCUT2D eigenvalue weighted by atomic mass is 35.5. The lowest BCUT2D eigenvalue weighted by Gasteiger charge is -2.16. The number of hydrogen-bond acceptors (Lipinski definition) is 4. The molecule has 0 radical (unpaired) electrons. The monoisotopic (exact) mass is 425 g/mol. The second-order valence-electron chi connectivity index (χ2n) is 5.13. The molecular weight excluding hydrogens is 414 g/mol. The zero-order valence-electron chi connectivity index (χ0n) is 13.1. The van der Waals surface area contributed by atoms with Crippen molar-refractivity contribution in [2.75, 3.05) is 4.72 Å². The summed E-state index contributed by atoms with van der Waals surface area (Å²) in [6.07, 6.45) is 0. The normalized spacial score (nSPS) is 13.8. The van der Waals surface area contributed by atoms with Crippen LogP contribution in [0, 0.1) is 0 Å². The Morgan fingerprint density at radius 1 is 1.12 bits per heavy atom. The fourth-order valence-electron chi connectivity index (χ4n) is 1.92. The highest BCUT2D eigenvalue weighted by Gasteiger charge is 2.46. The van der Waals surface area contributed by atoms with E-state index < -0.39 is 21.6 Å². The van der Waals surface area contributed by atoms with Gasteiger partial charge < -0.3 is 0 Å². The molecule has 1 atom stereocenters. The molecule has 0 aromatic heterocycles. The topological polar surface area (TPSA) is 70.9 Å². The van der Waals surface area contributed by atoms with Gasteiger partial charge in [0.15, 0.2) is 0 Å². The summed E-state index contributed by atoms with van der Waals surface area (Å²) in [7, 11) is -5.58. The highest BCUT2D eigenvalue weighted by molar-refractivity contribution is 7.93. The van der Waals surface area contributed by atoms with Gasteiger partial charge in [0.25, 0.3) is 0 Å². The number of sulfonamides is 1. The van der Waals surface area contributed by atoms with E-state index in [0.717, 1.165) is 6.07 Å². The zero-order valence-corrected chi connectivity index (χ0v) is 15.5. The van der Waals surface area contributed by atoms with E-state index >= 15 is 0 Å². The summed E-state index contributed by atoms with van der Waals surface area (Å²) in [5, 5.41) is 8.48. The smallest absolute Gasteiger partial charge is 0.276 e. The summed E-state index contributed by atoms with van der Waals surface area (Å²) in [6.45, 7) is 1.53. The fraction of sp³-hybridized carbons (Fsp3) is 0.200. The molecule has 140 valence electrons. The van der Waals surface area contributed by atoms with Crippen molar-refractivity contribution >= 4 is 44.6 Å². The minimum atomic E-state index is -5.58. The van der Waals surface area contributed by atoms with E-state index in [-0.39, 0.29) is 16.3 Å². The van der Waals surface area contributed by atoms with E-state index in [2.05, 4.69) is 10.2 Å². The number of halogens is 5. The van der Waals surface area contributed by atoms with E-state index in [4.69, 9.17) is 23.2 Å². The van der Waals surface area contributed by atoms with Crippen LogP contribution in [0.25, 0.3) is 0 Å². The van der Waals surface area contributed by atoms with Gasteiger partial charge in [0.1, 0.15) is 5.69 Å². The van der Waals surface area contributed by atoms with Gasteiger partial charge in [-0.15, -0.1) is 0 Å². The first kappa shape index (κ1) is 20.5. The van der Waals surface area contributed by atoms with E-state index in [1.165, 1.54) is 23.8 Å². The van der Waals surface area contributed by atoms with Crippen LogP contribution in [0.5, 0.6) is 0 Å². The van der Waals surface area contributed by atoms with Crippen LogP contribution in [0.1, 0.15) is 18.5 Å². The molecule has 2 aromatic carbocycles. The number of nitrogens with one attached hydrogen (secondary N) is 1. The predicted molar refractivity (Wildman–Crippen MR) is 94.4 cm³/mol. The molecule has 5 nitrogen and oxygen atoms in total. The van der Waals surface area contributed by atoms with Crippen LogP contribution in [0.2, 0.25) is 10.0 Å². The lowest BCUT2D eigenvalue weighted by molar-refractivity contribution is -0.0429. The van der Waals surface area contributed by atoms with Crippen molar-refractivity contribution in [2.24, 2.45) is 10.2 Å². The minimum absolute atomic E-state index is 0.126. The average molecular weight is 426 g/mol. The number of anilines is 1. The minimum Gasteiger partial charge on any atom is -0.276 e. The first-order valence-corrected chi connectivity index (χ1v) is 9.29. The van der Waals surface area contributed by atoms with Gasteiger partial charge in [0.05, 0.1) is 16.8 Å². The Balaban J connectivity index is 2.37. The van der Waals surface area contributed by atoms with Gasteiger partial charge in [-0.25, -0.2) is 0 Å². The van der Waals surface area contributed by atoms with Crippen LogP contribution in [0.4, 0.5) is 24.5 Å². The molecule has 0 aliphatic rings. The van der Waals surface area contributed by atoms with Crippen LogP contribution in [0.3, 0.4) is 0 Å². The summed E-state index contributed by atoms with van der Waals surface area (Å²) < 4.78 is 62.1. The van der Waals surface area contributed by atoms with Crippen molar-refractivity contribution in [1.29, 1.82) is 0 Å². The first-order valence-electron chi connectivity index (χ1n) is 7.05. The van der Waals surface area contributed by atoms with Crippen molar-refractivity contribution in [3.8, 4) is 0 Å². The summed E-state index contributed by atoms with van der Waals surface area (Å²) in [6, 6.07) is 9.49. The van der Waals surface area contributed by atoms with Gasteiger partial charge in [-0.05, 0) is 37.3 Å². The lowest BCUT2D eigenvalue weighted by atomic mass is 10.1. The Labute approximate surface area is 157 Å². The number of benzene rings is 2. The molecule has 26 heavy (non-hydrogen) atoms. The van der Waals surface area contributed by atoms with Crippen molar-refractivity contribution in [1.82, 2.24) is 0 Å². The van der Waals surface area contributed by atoms with Gasteiger partial charge in [-0.1, -0.05) is 35.3 Å². The number of rotatable bonds is 5. The molecule has 0 aliphatic carbocycles. The van der Waals surface area contributed by atoms with Gasteiger partial charge >= 0.3 is 15.5 Å². The molecule has 0 fully saturated rings. The van der Waals surface area contributed by atoms with Gasteiger partial charge in [0, 0.05) is 10.6 Å². The Bertz CT molecular complexity index is 934. The maximum atomic E-state index is 12.6. The van der Waals surface area contributed by atoms with Crippen molar-refractivity contribution in [3.63, 3.8) is 0 Å². The molecule has 0 saturated heterocycles. The van der Waals surface area contributed by atoms with Crippen LogP contribution in [0.15, 0.2) is 52.7 Å². The zero-order chi connectivity index (χ0) is 19.5. The predicted octanol–water partition coefficient (Wildman–Crippen LogP) is 6.10. The van der Waals surface area contributed by atoms with Crippen molar-refractivity contribution in [2.45, 2.75) is 18.5 Å². The van der Waals surface area contributed by atoms with E-state index in [9.17, 15) is 21.6 Å². The number of azo groups is 1. The quantitative estimate of drug-likeness (QED) is 0.587. The van der Waals surface area contributed by atoms with Crippen LogP contribution in [-0.2, 0) is 10.0 Å². The molecule has 11 heteroatoms. The molecule has 1 N–H and O–H groups in total. The van der Waals surface area contributed by atoms with E-state index in [1.807, 2.05) is 0 Å². The SMILES string of the molecule is CC(N=Nc1ccccc1Cl)c1cc(Cl)ccc1NS(=O)(=O)C(F)(F)F. The molecule has 2 rings (SSSR count). The molecule has 0 aliphatic heterocycles. The Morgan fingerprint density at radius 2 is 1.77 bits per heavy atom. The Hall–Kier alpha value is -1.84. The third kappa shape index (κ3) is 4.87. The number of alkyl halides is 3. The van der Waals surface area contributed by atoms with Gasteiger partial charge in [0.2, 0.25) is 0 Å². The second kappa shape index (κ2) is 7.81. The molecule has 0 saturated carbocycles. The van der Waals surface area contributed by atoms with Gasteiger partial charge in [-0.3, -0.25) is 4.72 Å². The van der Waals surface area contributed by atoms with Crippen molar-refractivity contribution in [3.05, 3.63) is 58.1 Å². The Morgan fingerprint density at radius 3 is 2.38 bits per heavy atom. The Kier molecular flexibility index (Phi) is 6.15. The average Bonchev–Trinajstić information content (AvgIpc) is 2.54. The molecular formula is C15H12Cl2F3N3O2S. The summed E-state index contributed by atoms with van der Waals surface area (Å²) in [5.41, 5.74) is -5.26. The van der Waals surface area contributed by atoms with Crippen LogP contribution in [-0.4, -0.2) is 13.9 Å². The fourth-order valence-corrected chi connectivity index (χ4v) is 2.86.